The van der Waals surface area contributed by atoms with Crippen molar-refractivity contribution < 1.29 is 19.5 Å². The predicted octanol–water partition coefficient (Wildman–Crippen LogP) is 2.86. The lowest BCUT2D eigenvalue weighted by molar-refractivity contribution is -0.144. The molecule has 1 unspecified atom stereocenters. The van der Waals surface area contributed by atoms with E-state index in [0.29, 0.717) is 6.42 Å². The van der Waals surface area contributed by atoms with Gasteiger partial charge in [-0.25, -0.2) is 0 Å². The first-order valence-corrected chi connectivity index (χ1v) is 9.72. The molecule has 0 aliphatic heterocycles. The summed E-state index contributed by atoms with van der Waals surface area (Å²) in [5.41, 5.74) is 7.79. The number of nitrogens with zero attached hydrogens (tertiary/aromatic N) is 2. The van der Waals surface area contributed by atoms with E-state index in [1.165, 1.54) is 19.3 Å². The van der Waals surface area contributed by atoms with Crippen LogP contribution in [0.1, 0.15) is 51.0 Å². The van der Waals surface area contributed by atoms with E-state index in [1.807, 2.05) is 30.3 Å². The van der Waals surface area contributed by atoms with Crippen molar-refractivity contribution in [2.24, 2.45) is 11.6 Å². The van der Waals surface area contributed by atoms with Crippen LogP contribution in [-0.4, -0.2) is 33.1 Å². The molecule has 0 amide bonds. The number of unbranched alkanes of at least 4 members (excludes halogenated alkanes) is 4. The molecule has 0 bridgehead atoms. The maximum absolute atomic E-state index is 10.6. The Kier molecular flexibility index (Phi) is 11.8. The van der Waals surface area contributed by atoms with E-state index in [2.05, 4.69) is 27.6 Å². The Morgan fingerprint density at radius 2 is 1.79 bits per heavy atom. The van der Waals surface area contributed by atoms with Crippen LogP contribution < -0.4 is 11.6 Å². The molecule has 0 aromatic carbocycles. The SMILES string of the molecule is CCCCCCCC(=O)ON.NC(Cc1ccc(-c2ccccn2)nc1)C(=O)O. The fourth-order valence-electron chi connectivity index (χ4n) is 2.48. The molecule has 8 heteroatoms. The summed E-state index contributed by atoms with van der Waals surface area (Å²) >= 11 is 0. The van der Waals surface area contributed by atoms with Gasteiger partial charge in [0.15, 0.2) is 0 Å². The third kappa shape index (κ3) is 10.3. The lowest BCUT2D eigenvalue weighted by atomic mass is 10.1. The molecule has 8 nitrogen and oxygen atoms in total. The zero-order chi connectivity index (χ0) is 21.5. The fraction of sp³-hybridized carbons (Fsp3) is 0.429. The van der Waals surface area contributed by atoms with Gasteiger partial charge in [-0.05, 0) is 36.6 Å². The number of carboxylic acid groups (broad SMARTS) is 1. The number of carboxylic acids is 1. The van der Waals surface area contributed by atoms with Gasteiger partial charge in [-0.3, -0.25) is 19.6 Å². The minimum atomic E-state index is -1.01. The van der Waals surface area contributed by atoms with Crippen LogP contribution in [0.15, 0.2) is 42.7 Å². The summed E-state index contributed by atoms with van der Waals surface area (Å²) in [6, 6.07) is 8.33. The number of hydrogen-bond donors (Lipinski definition) is 3. The highest BCUT2D eigenvalue weighted by molar-refractivity contribution is 5.73. The van der Waals surface area contributed by atoms with Gasteiger partial charge in [0.05, 0.1) is 11.4 Å². The van der Waals surface area contributed by atoms with Crippen molar-refractivity contribution in [2.75, 3.05) is 0 Å². The maximum atomic E-state index is 10.6. The molecule has 0 aliphatic carbocycles. The monoisotopic (exact) mass is 402 g/mol. The Morgan fingerprint density at radius 1 is 1.07 bits per heavy atom. The normalized spacial score (nSPS) is 11.1. The van der Waals surface area contributed by atoms with E-state index < -0.39 is 12.0 Å². The third-order valence-electron chi connectivity index (χ3n) is 4.14. The van der Waals surface area contributed by atoms with Crippen LogP contribution in [-0.2, 0) is 20.8 Å². The molecule has 0 spiro atoms. The van der Waals surface area contributed by atoms with Gasteiger partial charge in [0.2, 0.25) is 0 Å². The summed E-state index contributed by atoms with van der Waals surface area (Å²) < 4.78 is 0. The van der Waals surface area contributed by atoms with E-state index in [0.717, 1.165) is 29.8 Å². The number of carbonyl (C=O) groups excluding carboxylic acids is 1. The first-order valence-electron chi connectivity index (χ1n) is 9.72. The van der Waals surface area contributed by atoms with Crippen LogP contribution in [0.4, 0.5) is 0 Å². The molecule has 2 rings (SSSR count). The van der Waals surface area contributed by atoms with Crippen LogP contribution in [0.2, 0.25) is 0 Å². The quantitative estimate of drug-likeness (QED) is 0.407. The Hall–Kier alpha value is -2.84. The predicted molar refractivity (Wildman–Crippen MR) is 110 cm³/mol. The van der Waals surface area contributed by atoms with Crippen molar-refractivity contribution >= 4 is 11.9 Å². The standard InChI is InChI=1S/C13H13N3O2.C8H17NO2/c14-10(13(17)18)7-9-4-5-12(16-8-9)11-3-1-2-6-15-11;1-2-3-4-5-6-7-8(10)11-9/h1-6,8,10H,7,14H2,(H,17,18);2-7,9H2,1H3. The number of aromatic nitrogens is 2. The largest absolute Gasteiger partial charge is 0.480 e. The summed E-state index contributed by atoms with van der Waals surface area (Å²) in [6.07, 6.45) is 9.73. The van der Waals surface area contributed by atoms with Crippen LogP contribution in [0.5, 0.6) is 0 Å². The molecule has 1 atom stereocenters. The molecule has 0 saturated carbocycles. The molecule has 29 heavy (non-hydrogen) atoms. The molecule has 5 N–H and O–H groups in total. The van der Waals surface area contributed by atoms with Gasteiger partial charge < -0.3 is 15.7 Å². The molecule has 0 radical (unpaired) electrons. The van der Waals surface area contributed by atoms with Gasteiger partial charge in [0, 0.05) is 18.8 Å². The number of rotatable bonds is 10. The van der Waals surface area contributed by atoms with Gasteiger partial charge in [-0.1, -0.05) is 44.7 Å². The number of aliphatic carboxylic acids is 1. The highest BCUT2D eigenvalue weighted by Crippen LogP contribution is 2.14. The number of nitrogens with two attached hydrogens (primary N) is 2. The Labute approximate surface area is 171 Å². The van der Waals surface area contributed by atoms with Crippen LogP contribution in [0.25, 0.3) is 11.4 Å². The van der Waals surface area contributed by atoms with Crippen molar-refractivity contribution in [2.45, 2.75) is 57.9 Å². The van der Waals surface area contributed by atoms with Gasteiger partial charge in [-0.15, -0.1) is 0 Å². The Balaban J connectivity index is 0.000000331. The van der Waals surface area contributed by atoms with Crippen LogP contribution in [0.3, 0.4) is 0 Å². The van der Waals surface area contributed by atoms with Crippen molar-refractivity contribution in [1.29, 1.82) is 0 Å². The van der Waals surface area contributed by atoms with E-state index in [-0.39, 0.29) is 12.4 Å². The summed E-state index contributed by atoms with van der Waals surface area (Å²) in [5.74, 6) is 3.35. The molecule has 2 heterocycles. The van der Waals surface area contributed by atoms with Gasteiger partial charge in [0.25, 0.3) is 0 Å². The molecule has 0 saturated heterocycles. The smallest absolute Gasteiger partial charge is 0.324 e. The highest BCUT2D eigenvalue weighted by Gasteiger charge is 2.12. The number of hydrogen-bond acceptors (Lipinski definition) is 7. The average molecular weight is 402 g/mol. The average Bonchev–Trinajstić information content (AvgIpc) is 2.75. The van der Waals surface area contributed by atoms with Crippen LogP contribution >= 0.6 is 0 Å². The minimum absolute atomic E-state index is 0.269. The first-order chi connectivity index (χ1) is 14.0. The summed E-state index contributed by atoms with van der Waals surface area (Å²) in [5, 5.41) is 8.72. The highest BCUT2D eigenvalue weighted by atomic mass is 16.7. The van der Waals surface area contributed by atoms with Gasteiger partial charge in [-0.2, -0.15) is 5.90 Å². The lowest BCUT2D eigenvalue weighted by Gasteiger charge is -2.06. The Morgan fingerprint density at radius 3 is 2.34 bits per heavy atom. The molecular formula is C21H30N4O4. The van der Waals surface area contributed by atoms with Crippen molar-refractivity contribution in [3.8, 4) is 11.4 Å². The molecule has 0 aliphatic rings. The summed E-state index contributed by atoms with van der Waals surface area (Å²) in [7, 11) is 0. The molecular weight excluding hydrogens is 372 g/mol. The van der Waals surface area contributed by atoms with Gasteiger partial charge in [0.1, 0.15) is 6.04 Å². The Bertz CT molecular complexity index is 723. The number of pyridine rings is 2. The molecule has 0 fully saturated rings. The lowest BCUT2D eigenvalue weighted by Crippen LogP contribution is -2.32. The topological polar surface area (TPSA) is 141 Å². The second kappa shape index (κ2) is 14.2. The second-order valence-corrected chi connectivity index (χ2v) is 6.57. The molecule has 2 aromatic heterocycles. The minimum Gasteiger partial charge on any atom is -0.480 e. The summed E-state index contributed by atoms with van der Waals surface area (Å²) in [6.45, 7) is 2.16. The van der Waals surface area contributed by atoms with E-state index in [4.69, 9.17) is 10.8 Å². The van der Waals surface area contributed by atoms with Crippen molar-refractivity contribution in [3.63, 3.8) is 0 Å². The van der Waals surface area contributed by atoms with E-state index >= 15 is 0 Å². The first kappa shape index (κ1) is 24.2. The van der Waals surface area contributed by atoms with E-state index in [9.17, 15) is 9.59 Å². The zero-order valence-corrected chi connectivity index (χ0v) is 16.8. The fourth-order valence-corrected chi connectivity index (χ4v) is 2.48. The third-order valence-corrected chi connectivity index (χ3v) is 4.14. The van der Waals surface area contributed by atoms with Crippen molar-refractivity contribution in [1.82, 2.24) is 9.97 Å². The summed E-state index contributed by atoms with van der Waals surface area (Å²) in [4.78, 5) is 33.6. The van der Waals surface area contributed by atoms with Crippen LogP contribution in [0, 0.1) is 0 Å². The maximum Gasteiger partial charge on any atom is 0.324 e. The van der Waals surface area contributed by atoms with Gasteiger partial charge >= 0.3 is 11.9 Å². The van der Waals surface area contributed by atoms with Crippen molar-refractivity contribution in [3.05, 3.63) is 48.3 Å². The zero-order valence-electron chi connectivity index (χ0n) is 16.8. The number of carbonyl (C=O) groups is 2. The molecule has 158 valence electrons. The molecule has 2 aromatic rings. The van der Waals surface area contributed by atoms with E-state index in [1.54, 1.807) is 12.4 Å². The second-order valence-electron chi connectivity index (χ2n) is 6.57.